The van der Waals surface area contributed by atoms with Crippen LogP contribution in [0.25, 0.3) is 0 Å². The van der Waals surface area contributed by atoms with E-state index in [1.807, 2.05) is 28.5 Å². The van der Waals surface area contributed by atoms with Crippen molar-refractivity contribution >= 4 is 28.8 Å². The number of aromatic nitrogens is 1. The van der Waals surface area contributed by atoms with Crippen LogP contribution >= 0.6 is 11.3 Å². The number of hydrogen-bond acceptors (Lipinski definition) is 4. The molecule has 1 fully saturated rings. The Bertz CT molecular complexity index is 924. The van der Waals surface area contributed by atoms with Crippen LogP contribution in [0.15, 0.2) is 66.3 Å². The van der Waals surface area contributed by atoms with Crippen LogP contribution in [0.3, 0.4) is 0 Å². The Morgan fingerprint density at radius 3 is 2.56 bits per heavy atom. The highest BCUT2D eigenvalue weighted by Gasteiger charge is 2.30. The maximum absolute atomic E-state index is 13.0. The molecule has 27 heavy (non-hydrogen) atoms. The van der Waals surface area contributed by atoms with Crippen LogP contribution in [-0.2, 0) is 0 Å². The molecule has 5 nitrogen and oxygen atoms in total. The molecule has 136 valence electrons. The lowest BCUT2D eigenvalue weighted by Crippen LogP contribution is -2.30. The van der Waals surface area contributed by atoms with Crippen molar-refractivity contribution in [3.63, 3.8) is 0 Å². The minimum Gasteiger partial charge on any atom is -0.332 e. The standard InChI is InChI=1S/C21H19N3O2S/c25-20(19-4-2-14-27-19)23-17-7-5-16(6-8-17)21(26)24-13-1-3-18(24)15-9-11-22-12-10-15/h2,4-12,14,18H,1,3,13H2,(H,23,25). The maximum Gasteiger partial charge on any atom is 0.265 e. The van der Waals surface area contributed by atoms with Gasteiger partial charge < -0.3 is 10.2 Å². The number of likely N-dealkylation sites (tertiary alicyclic amines) is 1. The van der Waals surface area contributed by atoms with E-state index in [0.29, 0.717) is 16.1 Å². The average Bonchev–Trinajstić information content (AvgIpc) is 3.41. The van der Waals surface area contributed by atoms with Gasteiger partial charge in [0, 0.05) is 30.2 Å². The van der Waals surface area contributed by atoms with E-state index in [9.17, 15) is 9.59 Å². The van der Waals surface area contributed by atoms with E-state index in [4.69, 9.17) is 0 Å². The Balaban J connectivity index is 1.47. The van der Waals surface area contributed by atoms with Crippen molar-refractivity contribution in [1.29, 1.82) is 0 Å². The second-order valence-electron chi connectivity index (χ2n) is 6.45. The second kappa shape index (κ2) is 7.72. The molecule has 0 bridgehead atoms. The number of hydrogen-bond donors (Lipinski definition) is 1. The number of nitrogens with one attached hydrogen (secondary N) is 1. The maximum atomic E-state index is 13.0. The van der Waals surface area contributed by atoms with Crippen LogP contribution in [-0.4, -0.2) is 28.2 Å². The third kappa shape index (κ3) is 3.75. The molecule has 0 aliphatic carbocycles. The van der Waals surface area contributed by atoms with Crippen molar-refractivity contribution in [3.8, 4) is 0 Å². The van der Waals surface area contributed by atoms with Gasteiger partial charge in [-0.05, 0) is 66.2 Å². The van der Waals surface area contributed by atoms with E-state index >= 15 is 0 Å². The Morgan fingerprint density at radius 1 is 1.07 bits per heavy atom. The summed E-state index contributed by atoms with van der Waals surface area (Å²) in [6.07, 6.45) is 5.49. The smallest absolute Gasteiger partial charge is 0.265 e. The Morgan fingerprint density at radius 2 is 1.85 bits per heavy atom. The van der Waals surface area contributed by atoms with Crippen molar-refractivity contribution in [3.05, 3.63) is 82.3 Å². The molecular formula is C21H19N3O2S. The monoisotopic (exact) mass is 377 g/mol. The molecule has 6 heteroatoms. The number of benzene rings is 1. The Hall–Kier alpha value is -2.99. The van der Waals surface area contributed by atoms with E-state index in [1.54, 1.807) is 42.7 Å². The zero-order chi connectivity index (χ0) is 18.6. The van der Waals surface area contributed by atoms with Gasteiger partial charge in [0.05, 0.1) is 10.9 Å². The third-order valence-electron chi connectivity index (χ3n) is 4.74. The van der Waals surface area contributed by atoms with E-state index in [2.05, 4.69) is 10.3 Å². The lowest BCUT2D eigenvalue weighted by Gasteiger charge is -2.25. The molecule has 0 spiro atoms. The van der Waals surface area contributed by atoms with Crippen LogP contribution in [0.2, 0.25) is 0 Å². The van der Waals surface area contributed by atoms with Crippen molar-refractivity contribution in [1.82, 2.24) is 9.88 Å². The van der Waals surface area contributed by atoms with Crippen molar-refractivity contribution in [2.45, 2.75) is 18.9 Å². The topological polar surface area (TPSA) is 62.3 Å². The van der Waals surface area contributed by atoms with Gasteiger partial charge in [0.1, 0.15) is 0 Å². The van der Waals surface area contributed by atoms with Crippen molar-refractivity contribution in [2.24, 2.45) is 0 Å². The van der Waals surface area contributed by atoms with Crippen LogP contribution in [0, 0.1) is 0 Å². The lowest BCUT2D eigenvalue weighted by molar-refractivity contribution is 0.0735. The molecule has 1 aliphatic heterocycles. The fourth-order valence-electron chi connectivity index (χ4n) is 3.40. The molecule has 3 heterocycles. The molecular weight excluding hydrogens is 358 g/mol. The first-order chi connectivity index (χ1) is 13.2. The number of anilines is 1. The molecule has 4 rings (SSSR count). The number of carbonyl (C=O) groups is 2. The number of nitrogens with zero attached hydrogens (tertiary/aromatic N) is 2. The summed E-state index contributed by atoms with van der Waals surface area (Å²) < 4.78 is 0. The SMILES string of the molecule is O=C(Nc1ccc(C(=O)N2CCCC2c2ccncc2)cc1)c1cccs1. The van der Waals surface area contributed by atoms with E-state index in [1.165, 1.54) is 11.3 Å². The minimum absolute atomic E-state index is 0.0189. The van der Waals surface area contributed by atoms with Crippen molar-refractivity contribution in [2.75, 3.05) is 11.9 Å². The number of amides is 2. The number of rotatable bonds is 4. The summed E-state index contributed by atoms with van der Waals surface area (Å²) >= 11 is 1.40. The molecule has 1 N–H and O–H groups in total. The van der Waals surface area contributed by atoms with Gasteiger partial charge in [0.2, 0.25) is 0 Å². The Labute approximate surface area is 161 Å². The summed E-state index contributed by atoms with van der Waals surface area (Å²) in [6.45, 7) is 0.753. The summed E-state index contributed by atoms with van der Waals surface area (Å²) in [5, 5.41) is 4.72. The minimum atomic E-state index is -0.138. The van der Waals surface area contributed by atoms with Gasteiger partial charge in [-0.25, -0.2) is 0 Å². The Kier molecular flexibility index (Phi) is 4.98. The summed E-state index contributed by atoms with van der Waals surface area (Å²) in [6, 6.07) is 14.8. The van der Waals surface area contributed by atoms with Crippen molar-refractivity contribution < 1.29 is 9.59 Å². The normalized spacial score (nSPS) is 16.3. The van der Waals surface area contributed by atoms with Gasteiger partial charge in [-0.15, -0.1) is 11.3 Å². The van der Waals surface area contributed by atoms with Gasteiger partial charge in [-0.1, -0.05) is 6.07 Å². The molecule has 0 saturated carbocycles. The average molecular weight is 377 g/mol. The molecule has 2 amide bonds. The summed E-state index contributed by atoms with van der Waals surface area (Å²) in [5.74, 6) is -0.119. The fraction of sp³-hybridized carbons (Fsp3) is 0.190. The fourth-order valence-corrected chi connectivity index (χ4v) is 4.02. The largest absolute Gasteiger partial charge is 0.332 e. The molecule has 1 aromatic carbocycles. The zero-order valence-corrected chi connectivity index (χ0v) is 15.5. The zero-order valence-electron chi connectivity index (χ0n) is 14.7. The molecule has 1 aliphatic rings. The summed E-state index contributed by atoms with van der Waals surface area (Å²) in [4.78, 5) is 31.7. The van der Waals surface area contributed by atoms with E-state index in [0.717, 1.165) is 24.9 Å². The summed E-state index contributed by atoms with van der Waals surface area (Å²) in [5.41, 5.74) is 2.43. The lowest BCUT2D eigenvalue weighted by atomic mass is 10.1. The highest BCUT2D eigenvalue weighted by molar-refractivity contribution is 7.12. The van der Waals surface area contributed by atoms with Crippen LogP contribution in [0.4, 0.5) is 5.69 Å². The quantitative estimate of drug-likeness (QED) is 0.734. The molecule has 0 radical (unpaired) electrons. The molecule has 2 aromatic heterocycles. The van der Waals surface area contributed by atoms with Crippen LogP contribution < -0.4 is 5.32 Å². The number of thiophene rings is 1. The second-order valence-corrected chi connectivity index (χ2v) is 7.39. The number of pyridine rings is 1. The van der Waals surface area contributed by atoms with Gasteiger partial charge in [0.25, 0.3) is 11.8 Å². The predicted octanol–water partition coefficient (Wildman–Crippen LogP) is 4.37. The first-order valence-electron chi connectivity index (χ1n) is 8.88. The van der Waals surface area contributed by atoms with E-state index in [-0.39, 0.29) is 17.9 Å². The van der Waals surface area contributed by atoms with Gasteiger partial charge in [-0.3, -0.25) is 14.6 Å². The third-order valence-corrected chi connectivity index (χ3v) is 5.61. The molecule has 1 atom stereocenters. The molecule has 1 saturated heterocycles. The number of carbonyl (C=O) groups excluding carboxylic acids is 2. The van der Waals surface area contributed by atoms with Gasteiger partial charge in [0.15, 0.2) is 0 Å². The first kappa shape index (κ1) is 17.4. The van der Waals surface area contributed by atoms with Crippen LogP contribution in [0.1, 0.15) is 44.5 Å². The highest BCUT2D eigenvalue weighted by atomic mass is 32.1. The molecule has 1 unspecified atom stereocenters. The highest BCUT2D eigenvalue weighted by Crippen LogP contribution is 2.32. The van der Waals surface area contributed by atoms with Gasteiger partial charge >= 0.3 is 0 Å². The van der Waals surface area contributed by atoms with Crippen LogP contribution in [0.5, 0.6) is 0 Å². The molecule has 3 aromatic rings. The van der Waals surface area contributed by atoms with E-state index < -0.39 is 0 Å². The predicted molar refractivity (Wildman–Crippen MR) is 106 cm³/mol. The summed E-state index contributed by atoms with van der Waals surface area (Å²) in [7, 11) is 0. The first-order valence-corrected chi connectivity index (χ1v) is 9.76. The van der Waals surface area contributed by atoms with Gasteiger partial charge in [-0.2, -0.15) is 0 Å².